The molecular formula is C6H13NO7S. The lowest BCUT2D eigenvalue weighted by Crippen LogP contribution is -2.57. The van der Waals surface area contributed by atoms with Gasteiger partial charge in [-0.2, -0.15) is 8.42 Å². The molecule has 90 valence electrons. The van der Waals surface area contributed by atoms with E-state index in [0.29, 0.717) is 0 Å². The highest BCUT2D eigenvalue weighted by Gasteiger charge is 2.37. The molecule has 8 nitrogen and oxygen atoms in total. The number of aliphatic hydroxyl groups is 2. The van der Waals surface area contributed by atoms with Gasteiger partial charge in [-0.1, -0.05) is 0 Å². The molecule has 1 aliphatic heterocycles. The van der Waals surface area contributed by atoms with Crippen molar-refractivity contribution in [2.45, 2.75) is 24.4 Å². The molecule has 5 N–H and O–H groups in total. The molecule has 0 aromatic rings. The van der Waals surface area contributed by atoms with Crippen molar-refractivity contribution in [1.29, 1.82) is 0 Å². The summed E-state index contributed by atoms with van der Waals surface area (Å²) in [7, 11) is -4.58. The molecule has 15 heavy (non-hydrogen) atoms. The zero-order valence-electron chi connectivity index (χ0n) is 7.68. The number of ether oxygens (including phenoxy) is 1. The molecule has 0 aliphatic carbocycles. The van der Waals surface area contributed by atoms with Crippen molar-refractivity contribution in [1.82, 2.24) is 0 Å². The van der Waals surface area contributed by atoms with Crippen molar-refractivity contribution in [2.24, 2.45) is 5.73 Å². The monoisotopic (exact) mass is 243 g/mol. The number of hydrogen-bond donors (Lipinski definition) is 4. The maximum atomic E-state index is 10.2. The molecule has 1 aliphatic rings. The zero-order chi connectivity index (χ0) is 11.6. The molecule has 1 fully saturated rings. The van der Waals surface area contributed by atoms with Crippen molar-refractivity contribution >= 4 is 10.4 Å². The first-order chi connectivity index (χ1) is 6.81. The minimum Gasteiger partial charge on any atom is -0.389 e. The van der Waals surface area contributed by atoms with Gasteiger partial charge >= 0.3 is 10.4 Å². The van der Waals surface area contributed by atoms with Crippen LogP contribution in [0.2, 0.25) is 0 Å². The van der Waals surface area contributed by atoms with E-state index < -0.39 is 41.4 Å². The second kappa shape index (κ2) is 4.70. The van der Waals surface area contributed by atoms with Crippen molar-refractivity contribution in [3.05, 3.63) is 0 Å². The molecule has 0 radical (unpaired) electrons. The number of nitrogens with two attached hydrogens (primary N) is 1. The van der Waals surface area contributed by atoms with E-state index in [4.69, 9.17) is 15.0 Å². The third kappa shape index (κ3) is 3.65. The third-order valence-corrected chi connectivity index (χ3v) is 2.49. The van der Waals surface area contributed by atoms with Crippen LogP contribution >= 0.6 is 0 Å². The van der Waals surface area contributed by atoms with E-state index in [1.807, 2.05) is 0 Å². The summed E-state index contributed by atoms with van der Waals surface area (Å²) in [6, 6.07) is -0.734. The Bertz CT molecular complexity index is 305. The van der Waals surface area contributed by atoms with Crippen LogP contribution in [0.15, 0.2) is 0 Å². The van der Waals surface area contributed by atoms with Crippen LogP contribution in [0.3, 0.4) is 0 Å². The summed E-state index contributed by atoms with van der Waals surface area (Å²) in [5.74, 6) is 0. The van der Waals surface area contributed by atoms with Crippen molar-refractivity contribution in [2.75, 3.05) is 13.2 Å². The van der Waals surface area contributed by atoms with Gasteiger partial charge in [-0.25, -0.2) is 4.18 Å². The molecule has 0 aromatic carbocycles. The van der Waals surface area contributed by atoms with Gasteiger partial charge in [0, 0.05) is 0 Å². The SMILES string of the molecule is NC1COC(COS(=O)(=O)O)[C@@H](O)[C@H]1O. The van der Waals surface area contributed by atoms with Crippen LogP contribution in [0.1, 0.15) is 0 Å². The second-order valence-corrected chi connectivity index (χ2v) is 4.32. The van der Waals surface area contributed by atoms with Gasteiger partial charge in [0.15, 0.2) is 0 Å². The molecular weight excluding hydrogens is 230 g/mol. The van der Waals surface area contributed by atoms with Crippen LogP contribution in [0.4, 0.5) is 0 Å². The molecule has 4 atom stereocenters. The highest BCUT2D eigenvalue weighted by molar-refractivity contribution is 7.80. The number of aliphatic hydroxyl groups excluding tert-OH is 2. The van der Waals surface area contributed by atoms with E-state index in [9.17, 15) is 18.6 Å². The summed E-state index contributed by atoms with van der Waals surface area (Å²) >= 11 is 0. The average molecular weight is 243 g/mol. The molecule has 1 rings (SSSR count). The molecule has 1 heterocycles. The normalized spacial score (nSPS) is 37.9. The van der Waals surface area contributed by atoms with Crippen LogP contribution < -0.4 is 5.73 Å². The summed E-state index contributed by atoms with van der Waals surface area (Å²) in [5, 5.41) is 18.7. The minimum absolute atomic E-state index is 0.0300. The number of rotatable bonds is 3. The Hall–Kier alpha value is -0.290. The van der Waals surface area contributed by atoms with E-state index in [0.717, 1.165) is 0 Å². The van der Waals surface area contributed by atoms with Gasteiger partial charge in [0.05, 0.1) is 25.4 Å². The molecule has 9 heteroatoms. The van der Waals surface area contributed by atoms with E-state index in [1.165, 1.54) is 0 Å². The minimum atomic E-state index is -4.58. The first-order valence-electron chi connectivity index (χ1n) is 4.16. The lowest BCUT2D eigenvalue weighted by atomic mass is 9.99. The largest absolute Gasteiger partial charge is 0.397 e. The summed E-state index contributed by atoms with van der Waals surface area (Å²) in [4.78, 5) is 0. The Balaban J connectivity index is 2.50. The summed E-state index contributed by atoms with van der Waals surface area (Å²) in [5.41, 5.74) is 5.37. The smallest absolute Gasteiger partial charge is 0.389 e. The quantitative estimate of drug-likeness (QED) is 0.391. The van der Waals surface area contributed by atoms with Crippen LogP contribution in [0.25, 0.3) is 0 Å². The molecule has 0 spiro atoms. The van der Waals surface area contributed by atoms with Gasteiger partial charge in [0.25, 0.3) is 0 Å². The fourth-order valence-electron chi connectivity index (χ4n) is 1.20. The van der Waals surface area contributed by atoms with Gasteiger partial charge < -0.3 is 20.7 Å². The van der Waals surface area contributed by atoms with Gasteiger partial charge in [0.1, 0.15) is 12.2 Å². The Labute approximate surface area is 86.6 Å². The molecule has 1 saturated heterocycles. The van der Waals surface area contributed by atoms with E-state index >= 15 is 0 Å². The van der Waals surface area contributed by atoms with Crippen LogP contribution in [0, 0.1) is 0 Å². The second-order valence-electron chi connectivity index (χ2n) is 3.23. The molecule has 0 aromatic heterocycles. The third-order valence-electron chi connectivity index (χ3n) is 2.05. The highest BCUT2D eigenvalue weighted by Crippen LogP contribution is 2.15. The standard InChI is InChI=1S/C6H13NO7S/c7-3-1-13-4(6(9)5(3)8)2-14-15(10,11)12/h3-6,8-9H,1-2,7H2,(H,10,11,12)/t3?,4?,5-,6+/m0/s1. The van der Waals surface area contributed by atoms with Gasteiger partial charge in [-0.15, -0.1) is 0 Å². The zero-order valence-corrected chi connectivity index (χ0v) is 8.50. The first-order valence-corrected chi connectivity index (χ1v) is 5.53. The van der Waals surface area contributed by atoms with E-state index in [-0.39, 0.29) is 6.61 Å². The Morgan fingerprint density at radius 3 is 2.53 bits per heavy atom. The van der Waals surface area contributed by atoms with E-state index in [1.54, 1.807) is 0 Å². The lowest BCUT2D eigenvalue weighted by molar-refractivity contribution is -0.153. The van der Waals surface area contributed by atoms with Gasteiger partial charge in [-0.05, 0) is 0 Å². The lowest BCUT2D eigenvalue weighted by Gasteiger charge is -2.35. The van der Waals surface area contributed by atoms with Crippen molar-refractivity contribution < 1.29 is 32.1 Å². The molecule has 0 bridgehead atoms. The van der Waals surface area contributed by atoms with Crippen LogP contribution in [0.5, 0.6) is 0 Å². The first kappa shape index (κ1) is 12.8. The predicted octanol–water partition coefficient (Wildman–Crippen LogP) is -2.75. The fourth-order valence-corrected chi connectivity index (χ4v) is 1.51. The van der Waals surface area contributed by atoms with Crippen LogP contribution in [-0.2, 0) is 19.3 Å². The average Bonchev–Trinajstić information content (AvgIpc) is 2.12. The summed E-state index contributed by atoms with van der Waals surface area (Å²) < 4.78 is 37.7. The Morgan fingerprint density at radius 2 is 2.00 bits per heavy atom. The molecule has 0 saturated carbocycles. The van der Waals surface area contributed by atoms with Crippen molar-refractivity contribution in [3.63, 3.8) is 0 Å². The maximum Gasteiger partial charge on any atom is 0.397 e. The predicted molar refractivity (Wildman–Crippen MR) is 47.2 cm³/mol. The number of hydrogen-bond acceptors (Lipinski definition) is 7. The maximum absolute atomic E-state index is 10.2. The fraction of sp³-hybridized carbons (Fsp3) is 1.00. The Kier molecular flexibility index (Phi) is 4.00. The Morgan fingerprint density at radius 1 is 1.40 bits per heavy atom. The molecule has 0 amide bonds. The van der Waals surface area contributed by atoms with E-state index in [2.05, 4.69) is 4.18 Å². The van der Waals surface area contributed by atoms with Crippen molar-refractivity contribution in [3.8, 4) is 0 Å². The highest BCUT2D eigenvalue weighted by atomic mass is 32.3. The van der Waals surface area contributed by atoms with Gasteiger partial charge in [-0.3, -0.25) is 4.55 Å². The topological polar surface area (TPSA) is 139 Å². The summed E-state index contributed by atoms with van der Waals surface area (Å²) in [6.07, 6.45) is -3.61. The summed E-state index contributed by atoms with van der Waals surface area (Å²) in [6.45, 7) is -0.610. The van der Waals surface area contributed by atoms with Crippen LogP contribution in [-0.4, -0.2) is 60.8 Å². The van der Waals surface area contributed by atoms with Gasteiger partial charge in [0.2, 0.25) is 0 Å². The molecule has 2 unspecified atom stereocenters.